The Hall–Kier alpha value is -0.850. The van der Waals surface area contributed by atoms with Gasteiger partial charge in [0.25, 0.3) is 0 Å². The van der Waals surface area contributed by atoms with Crippen LogP contribution in [0.25, 0.3) is 0 Å². The third kappa shape index (κ3) is 9.42. The second kappa shape index (κ2) is 13.4. The third-order valence-electron chi connectivity index (χ3n) is 4.91. The van der Waals surface area contributed by atoms with Crippen molar-refractivity contribution in [2.45, 2.75) is 70.0 Å². The largest absolute Gasteiger partial charge is 0.381 e. The first-order valence-corrected chi connectivity index (χ1v) is 10.1. The Labute approximate surface area is 153 Å². The topological polar surface area (TPSA) is 64.1 Å². The van der Waals surface area contributed by atoms with Crippen LogP contribution in [-0.4, -0.2) is 64.7 Å². The number of guanidine groups is 1. The van der Waals surface area contributed by atoms with Gasteiger partial charge in [-0.15, -0.1) is 0 Å². The van der Waals surface area contributed by atoms with E-state index < -0.39 is 0 Å². The maximum absolute atomic E-state index is 5.99. The molecule has 0 aromatic heterocycles. The molecule has 1 saturated heterocycles. The Morgan fingerprint density at radius 1 is 0.880 bits per heavy atom. The second-order valence-corrected chi connectivity index (χ2v) is 6.95. The van der Waals surface area contributed by atoms with Crippen molar-refractivity contribution < 1.29 is 14.2 Å². The van der Waals surface area contributed by atoms with Gasteiger partial charge < -0.3 is 24.8 Å². The summed E-state index contributed by atoms with van der Waals surface area (Å²) in [6.07, 6.45) is 11.7. The molecule has 2 aliphatic rings. The fourth-order valence-electron chi connectivity index (χ4n) is 3.40. The van der Waals surface area contributed by atoms with Crippen molar-refractivity contribution in [3.8, 4) is 0 Å². The molecule has 6 nitrogen and oxygen atoms in total. The standard InChI is InChI=1S/C19H37N3O3/c1-20-19(21-11-6-13-24-18-9-14-23-15-10-18)22-12-16-25-17-7-4-2-3-5-8-17/h17-18H,2-16H2,1H3,(H2,20,21,22). The minimum Gasteiger partial charge on any atom is -0.381 e. The average molecular weight is 356 g/mol. The zero-order valence-corrected chi connectivity index (χ0v) is 15.9. The molecule has 0 aromatic rings. The summed E-state index contributed by atoms with van der Waals surface area (Å²) in [5.41, 5.74) is 0. The lowest BCUT2D eigenvalue weighted by Gasteiger charge is -2.22. The highest BCUT2D eigenvalue weighted by atomic mass is 16.5. The first-order valence-electron chi connectivity index (χ1n) is 10.1. The summed E-state index contributed by atoms with van der Waals surface area (Å²) in [6.45, 7) is 4.88. The van der Waals surface area contributed by atoms with E-state index in [-0.39, 0.29) is 0 Å². The number of hydrogen-bond acceptors (Lipinski definition) is 4. The van der Waals surface area contributed by atoms with Crippen LogP contribution >= 0.6 is 0 Å². The van der Waals surface area contributed by atoms with Crippen LogP contribution in [0, 0.1) is 0 Å². The molecular formula is C19H37N3O3. The molecule has 1 heterocycles. The first-order chi connectivity index (χ1) is 12.4. The summed E-state index contributed by atoms with van der Waals surface area (Å²) in [6, 6.07) is 0. The van der Waals surface area contributed by atoms with Crippen LogP contribution < -0.4 is 10.6 Å². The average Bonchev–Trinajstić information content (AvgIpc) is 2.93. The minimum atomic E-state index is 0.382. The highest BCUT2D eigenvalue weighted by Gasteiger charge is 2.14. The molecule has 0 unspecified atom stereocenters. The summed E-state index contributed by atoms with van der Waals surface area (Å²) in [4.78, 5) is 4.26. The van der Waals surface area contributed by atoms with E-state index >= 15 is 0 Å². The number of rotatable bonds is 9. The molecule has 0 spiro atoms. The van der Waals surface area contributed by atoms with Crippen molar-refractivity contribution in [1.29, 1.82) is 0 Å². The molecule has 146 valence electrons. The second-order valence-electron chi connectivity index (χ2n) is 6.95. The van der Waals surface area contributed by atoms with E-state index in [9.17, 15) is 0 Å². The van der Waals surface area contributed by atoms with E-state index in [1.165, 1.54) is 38.5 Å². The summed E-state index contributed by atoms with van der Waals surface area (Å²) in [5, 5.41) is 6.66. The lowest BCUT2D eigenvalue weighted by atomic mass is 10.1. The Balaban J connectivity index is 1.44. The molecule has 1 aliphatic heterocycles. The fraction of sp³-hybridized carbons (Fsp3) is 0.947. The predicted octanol–water partition coefficient (Wildman–Crippen LogP) is 2.48. The monoisotopic (exact) mass is 355 g/mol. The molecule has 2 rings (SSSR count). The molecule has 0 bridgehead atoms. The molecule has 0 radical (unpaired) electrons. The zero-order valence-electron chi connectivity index (χ0n) is 15.9. The Morgan fingerprint density at radius 3 is 2.24 bits per heavy atom. The van der Waals surface area contributed by atoms with Crippen molar-refractivity contribution >= 4 is 5.96 Å². The van der Waals surface area contributed by atoms with Crippen LogP contribution in [0.3, 0.4) is 0 Å². The van der Waals surface area contributed by atoms with Gasteiger partial charge >= 0.3 is 0 Å². The third-order valence-corrected chi connectivity index (χ3v) is 4.91. The van der Waals surface area contributed by atoms with Crippen molar-refractivity contribution in [3.63, 3.8) is 0 Å². The Kier molecular flexibility index (Phi) is 10.9. The molecular weight excluding hydrogens is 318 g/mol. The van der Waals surface area contributed by atoms with Gasteiger partial charge in [-0.05, 0) is 32.1 Å². The molecule has 0 aromatic carbocycles. The van der Waals surface area contributed by atoms with Gasteiger partial charge in [-0.2, -0.15) is 0 Å². The number of hydrogen-bond donors (Lipinski definition) is 2. The van der Waals surface area contributed by atoms with Gasteiger partial charge in [-0.1, -0.05) is 25.7 Å². The SMILES string of the molecule is CN=C(NCCCOC1CCOCC1)NCCOC1CCCCCC1. The van der Waals surface area contributed by atoms with E-state index in [0.29, 0.717) is 12.2 Å². The van der Waals surface area contributed by atoms with Crippen LogP contribution in [0.15, 0.2) is 4.99 Å². The fourth-order valence-corrected chi connectivity index (χ4v) is 3.40. The van der Waals surface area contributed by atoms with Crippen LogP contribution in [0.5, 0.6) is 0 Å². The highest BCUT2D eigenvalue weighted by Crippen LogP contribution is 2.19. The number of ether oxygens (including phenoxy) is 3. The molecule has 1 aliphatic carbocycles. The van der Waals surface area contributed by atoms with Crippen molar-refractivity contribution in [3.05, 3.63) is 0 Å². The van der Waals surface area contributed by atoms with Gasteiger partial charge in [0.1, 0.15) is 0 Å². The lowest BCUT2D eigenvalue weighted by Crippen LogP contribution is -2.40. The van der Waals surface area contributed by atoms with Crippen LogP contribution in [0.2, 0.25) is 0 Å². The lowest BCUT2D eigenvalue weighted by molar-refractivity contribution is -0.0320. The molecule has 25 heavy (non-hydrogen) atoms. The molecule has 0 amide bonds. The molecule has 2 fully saturated rings. The van der Waals surface area contributed by atoms with Crippen LogP contribution in [0.1, 0.15) is 57.8 Å². The zero-order chi connectivity index (χ0) is 17.6. The van der Waals surface area contributed by atoms with E-state index in [1.807, 2.05) is 0 Å². The Bertz CT molecular complexity index is 352. The van der Waals surface area contributed by atoms with Crippen molar-refractivity contribution in [2.24, 2.45) is 4.99 Å². The maximum Gasteiger partial charge on any atom is 0.191 e. The van der Waals surface area contributed by atoms with Gasteiger partial charge in [-0.3, -0.25) is 4.99 Å². The molecule has 2 N–H and O–H groups in total. The summed E-state index contributed by atoms with van der Waals surface area (Å²) >= 11 is 0. The van der Waals surface area contributed by atoms with Crippen LogP contribution in [-0.2, 0) is 14.2 Å². The van der Waals surface area contributed by atoms with E-state index in [1.54, 1.807) is 7.05 Å². The van der Waals surface area contributed by atoms with Gasteiger partial charge in [0.2, 0.25) is 0 Å². The van der Waals surface area contributed by atoms with Crippen molar-refractivity contribution in [2.75, 3.05) is 46.6 Å². The molecule has 1 saturated carbocycles. The summed E-state index contributed by atoms with van der Waals surface area (Å²) in [5.74, 6) is 0.843. The normalized spacial score (nSPS) is 21.1. The smallest absolute Gasteiger partial charge is 0.191 e. The van der Waals surface area contributed by atoms with Gasteiger partial charge in [0, 0.05) is 40.0 Å². The number of nitrogens with one attached hydrogen (secondary N) is 2. The summed E-state index contributed by atoms with van der Waals surface area (Å²) in [7, 11) is 1.81. The maximum atomic E-state index is 5.99. The minimum absolute atomic E-state index is 0.382. The number of aliphatic imine (C=N–C) groups is 1. The molecule has 6 heteroatoms. The predicted molar refractivity (Wildman–Crippen MR) is 101 cm³/mol. The van der Waals surface area contributed by atoms with E-state index in [4.69, 9.17) is 14.2 Å². The van der Waals surface area contributed by atoms with Crippen LogP contribution in [0.4, 0.5) is 0 Å². The van der Waals surface area contributed by atoms with Gasteiger partial charge in [0.05, 0.1) is 18.8 Å². The Morgan fingerprint density at radius 2 is 1.52 bits per heavy atom. The van der Waals surface area contributed by atoms with Gasteiger partial charge in [-0.25, -0.2) is 0 Å². The summed E-state index contributed by atoms with van der Waals surface area (Å²) < 4.78 is 17.2. The quantitative estimate of drug-likeness (QED) is 0.288. The first kappa shape index (κ1) is 20.5. The van der Waals surface area contributed by atoms with E-state index in [2.05, 4.69) is 15.6 Å². The van der Waals surface area contributed by atoms with E-state index in [0.717, 1.165) is 64.7 Å². The molecule has 0 atom stereocenters. The van der Waals surface area contributed by atoms with Gasteiger partial charge in [0.15, 0.2) is 5.96 Å². The number of nitrogens with zero attached hydrogens (tertiary/aromatic N) is 1. The highest BCUT2D eigenvalue weighted by molar-refractivity contribution is 5.79. The van der Waals surface area contributed by atoms with Crippen molar-refractivity contribution in [1.82, 2.24) is 10.6 Å².